The standard InChI is InChI=1S/C24H40O5Si/c1-16-21(27-5)14-18(19(23(16)28-6)15-30(7)24(2,3)4)22(26)20(12-13-25)29-17-10-8-9-11-17/h13-14,17,20,22,26,30H,8-12,15H2,1-7H3/t20-,22+,30?/m0/s1. The zero-order valence-corrected chi connectivity index (χ0v) is 20.9. The van der Waals surface area contributed by atoms with Crippen molar-refractivity contribution < 1.29 is 24.1 Å². The molecule has 1 fully saturated rings. The maximum Gasteiger partial charge on any atom is 0.128 e. The van der Waals surface area contributed by atoms with Crippen LogP contribution < -0.4 is 9.47 Å². The number of carbonyl (C=O) groups is 1. The normalized spacial score (nSPS) is 18.1. The highest BCUT2D eigenvalue weighted by Gasteiger charge is 2.32. The average Bonchev–Trinajstić information content (AvgIpc) is 3.20. The van der Waals surface area contributed by atoms with Gasteiger partial charge in [-0.25, -0.2) is 0 Å². The van der Waals surface area contributed by atoms with E-state index < -0.39 is 21.0 Å². The molecule has 3 atom stereocenters. The van der Waals surface area contributed by atoms with Crippen molar-refractivity contribution in [3.05, 3.63) is 22.8 Å². The summed E-state index contributed by atoms with van der Waals surface area (Å²) in [5.41, 5.74) is 2.73. The second kappa shape index (κ2) is 10.8. The third-order valence-electron chi connectivity index (χ3n) is 6.70. The minimum absolute atomic E-state index is 0.116. The predicted octanol–water partition coefficient (Wildman–Crippen LogP) is 4.70. The SMILES string of the molecule is COc1cc([C@@H](O)[C@H](CC=O)OC2CCCC2)c(C[SiH](C)C(C)(C)C)c(OC)c1C. The number of methoxy groups -OCH3 is 2. The summed E-state index contributed by atoms with van der Waals surface area (Å²) in [7, 11) is 2.10. The van der Waals surface area contributed by atoms with Gasteiger partial charge in [0.15, 0.2) is 0 Å². The molecule has 0 bridgehead atoms. The predicted molar refractivity (Wildman–Crippen MR) is 123 cm³/mol. The van der Waals surface area contributed by atoms with Gasteiger partial charge in [-0.2, -0.15) is 0 Å². The number of aliphatic hydroxyl groups excluding tert-OH is 1. The van der Waals surface area contributed by atoms with Crippen molar-refractivity contribution in [2.24, 2.45) is 0 Å². The smallest absolute Gasteiger partial charge is 0.128 e. The highest BCUT2D eigenvalue weighted by molar-refractivity contribution is 6.60. The fourth-order valence-electron chi connectivity index (χ4n) is 4.21. The summed E-state index contributed by atoms with van der Waals surface area (Å²) in [6.07, 6.45) is 3.92. The summed E-state index contributed by atoms with van der Waals surface area (Å²) in [4.78, 5) is 11.4. The molecule has 1 aliphatic rings. The number of hydrogen-bond acceptors (Lipinski definition) is 5. The molecule has 0 amide bonds. The van der Waals surface area contributed by atoms with Crippen molar-refractivity contribution in [2.75, 3.05) is 14.2 Å². The minimum atomic E-state index is -1.19. The van der Waals surface area contributed by atoms with Crippen molar-refractivity contribution in [2.45, 2.75) is 95.7 Å². The lowest BCUT2D eigenvalue weighted by molar-refractivity contribution is -0.118. The number of aliphatic hydroxyl groups is 1. The Labute approximate surface area is 183 Å². The van der Waals surface area contributed by atoms with E-state index in [1.807, 2.05) is 13.0 Å². The van der Waals surface area contributed by atoms with Gasteiger partial charge in [-0.3, -0.25) is 0 Å². The third-order valence-corrected chi connectivity index (χ3v) is 10.7. The Morgan fingerprint density at radius 1 is 1.23 bits per heavy atom. The Morgan fingerprint density at radius 2 is 1.87 bits per heavy atom. The number of hydrogen-bond donors (Lipinski definition) is 1. The third kappa shape index (κ3) is 5.86. The van der Waals surface area contributed by atoms with E-state index in [-0.39, 0.29) is 17.6 Å². The molecule has 0 spiro atoms. The number of rotatable bonds is 10. The van der Waals surface area contributed by atoms with Crippen molar-refractivity contribution in [3.8, 4) is 11.5 Å². The van der Waals surface area contributed by atoms with Crippen molar-refractivity contribution in [1.29, 1.82) is 0 Å². The van der Waals surface area contributed by atoms with Crippen LogP contribution in [-0.2, 0) is 15.6 Å². The first-order chi connectivity index (χ1) is 14.1. The van der Waals surface area contributed by atoms with Crippen LogP contribution in [0.3, 0.4) is 0 Å². The maximum atomic E-state index is 11.4. The molecule has 1 N–H and O–H groups in total. The summed E-state index contributed by atoms with van der Waals surface area (Å²) in [5.74, 6) is 1.46. The summed E-state index contributed by atoms with van der Waals surface area (Å²) in [6, 6.07) is 2.80. The molecule has 0 radical (unpaired) electrons. The maximum absolute atomic E-state index is 11.4. The van der Waals surface area contributed by atoms with E-state index in [0.29, 0.717) is 5.75 Å². The molecule has 1 aromatic carbocycles. The van der Waals surface area contributed by atoms with Gasteiger partial charge in [0.05, 0.1) is 26.4 Å². The Morgan fingerprint density at radius 3 is 2.37 bits per heavy atom. The molecule has 2 rings (SSSR count). The molecule has 0 heterocycles. The van der Waals surface area contributed by atoms with Gasteiger partial charge < -0.3 is 24.1 Å². The van der Waals surface area contributed by atoms with E-state index in [4.69, 9.17) is 14.2 Å². The van der Waals surface area contributed by atoms with Gasteiger partial charge in [0, 0.05) is 20.8 Å². The van der Waals surface area contributed by atoms with Crippen LogP contribution in [0.2, 0.25) is 11.6 Å². The van der Waals surface area contributed by atoms with E-state index in [9.17, 15) is 9.90 Å². The molecule has 0 aromatic heterocycles. The van der Waals surface area contributed by atoms with Crippen LogP contribution in [-0.4, -0.2) is 46.6 Å². The molecule has 170 valence electrons. The van der Waals surface area contributed by atoms with Crippen molar-refractivity contribution >= 4 is 15.1 Å². The highest BCUT2D eigenvalue weighted by Crippen LogP contribution is 2.41. The van der Waals surface area contributed by atoms with E-state index in [0.717, 1.165) is 60.5 Å². The van der Waals surface area contributed by atoms with Crippen LogP contribution >= 0.6 is 0 Å². The summed E-state index contributed by atoms with van der Waals surface area (Å²) in [5, 5.41) is 11.7. The Hall–Kier alpha value is -1.37. The van der Waals surface area contributed by atoms with E-state index >= 15 is 0 Å². The van der Waals surface area contributed by atoms with E-state index in [2.05, 4.69) is 27.3 Å². The van der Waals surface area contributed by atoms with Crippen LogP contribution in [0.5, 0.6) is 11.5 Å². The molecule has 1 saturated carbocycles. The van der Waals surface area contributed by atoms with Crippen LogP contribution in [0, 0.1) is 6.92 Å². The van der Waals surface area contributed by atoms with Crippen LogP contribution in [0.1, 0.15) is 75.7 Å². The first-order valence-corrected chi connectivity index (χ1v) is 13.7. The Bertz CT molecular complexity index is 707. The lowest BCUT2D eigenvalue weighted by Crippen LogP contribution is -2.30. The quantitative estimate of drug-likeness (QED) is 0.425. The zero-order valence-electron chi connectivity index (χ0n) is 19.8. The highest BCUT2D eigenvalue weighted by atomic mass is 28.3. The fourth-order valence-corrected chi connectivity index (χ4v) is 5.85. The van der Waals surface area contributed by atoms with Crippen LogP contribution in [0.4, 0.5) is 0 Å². The van der Waals surface area contributed by atoms with Gasteiger partial charge >= 0.3 is 0 Å². The Balaban J connectivity index is 2.51. The van der Waals surface area contributed by atoms with E-state index in [1.54, 1.807) is 14.2 Å². The number of aldehydes is 1. The van der Waals surface area contributed by atoms with Crippen LogP contribution in [0.15, 0.2) is 6.07 Å². The molecule has 1 aromatic rings. The summed E-state index contributed by atoms with van der Waals surface area (Å²) >= 11 is 0. The van der Waals surface area contributed by atoms with Crippen molar-refractivity contribution in [3.63, 3.8) is 0 Å². The largest absolute Gasteiger partial charge is 0.496 e. The lowest BCUT2D eigenvalue weighted by atomic mass is 9.94. The van der Waals surface area contributed by atoms with Gasteiger partial charge in [-0.15, -0.1) is 0 Å². The van der Waals surface area contributed by atoms with E-state index in [1.165, 1.54) is 0 Å². The molecular weight excluding hydrogens is 396 g/mol. The summed E-state index contributed by atoms with van der Waals surface area (Å²) < 4.78 is 17.6. The van der Waals surface area contributed by atoms with Gasteiger partial charge in [-0.05, 0) is 48.0 Å². The molecule has 0 aliphatic heterocycles. The molecule has 1 unspecified atom stereocenters. The van der Waals surface area contributed by atoms with Gasteiger partial charge in [0.25, 0.3) is 0 Å². The molecule has 30 heavy (non-hydrogen) atoms. The zero-order chi connectivity index (χ0) is 22.5. The van der Waals surface area contributed by atoms with Crippen molar-refractivity contribution in [1.82, 2.24) is 0 Å². The second-order valence-corrected chi connectivity index (χ2v) is 13.6. The van der Waals surface area contributed by atoms with Crippen LogP contribution in [0.25, 0.3) is 0 Å². The lowest BCUT2D eigenvalue weighted by Gasteiger charge is -2.31. The summed E-state index contributed by atoms with van der Waals surface area (Å²) in [6.45, 7) is 11.2. The molecule has 5 nitrogen and oxygen atoms in total. The van der Waals surface area contributed by atoms with Gasteiger partial charge in [0.2, 0.25) is 0 Å². The number of carbonyl (C=O) groups excluding carboxylic acids is 1. The Kier molecular flexibility index (Phi) is 8.94. The fraction of sp³-hybridized carbons (Fsp3) is 0.708. The van der Waals surface area contributed by atoms with Gasteiger partial charge in [0.1, 0.15) is 23.9 Å². The molecule has 6 heteroatoms. The number of benzene rings is 1. The first-order valence-electron chi connectivity index (χ1n) is 11.2. The first kappa shape index (κ1) is 24.9. The average molecular weight is 437 g/mol. The minimum Gasteiger partial charge on any atom is -0.496 e. The number of ether oxygens (including phenoxy) is 3. The molecule has 0 saturated heterocycles. The molecule has 1 aliphatic carbocycles. The second-order valence-electron chi connectivity index (χ2n) is 9.70. The topological polar surface area (TPSA) is 65.0 Å². The molecular formula is C24H40O5Si. The van der Waals surface area contributed by atoms with Gasteiger partial charge in [-0.1, -0.05) is 40.2 Å². The monoisotopic (exact) mass is 436 g/mol.